The standard InChI is InChI=1S/C28H27NO2/c1-3-31-26-15-13-22(14-16-26)27(29-25-10-6-7-20(2)17-25)19-28(30)24-12-11-21-8-4-5-9-23(21)18-24/h4-18,27,29H,3,19H2,1-2H3. The predicted octanol–water partition coefficient (Wildman–Crippen LogP) is 6.97. The average molecular weight is 410 g/mol. The summed E-state index contributed by atoms with van der Waals surface area (Å²) in [6.45, 7) is 4.67. The second kappa shape index (κ2) is 9.48. The van der Waals surface area contributed by atoms with Gasteiger partial charge in [-0.2, -0.15) is 0 Å². The number of aryl methyl sites for hydroxylation is 1. The molecule has 4 aromatic rings. The fourth-order valence-corrected chi connectivity index (χ4v) is 3.82. The molecule has 0 bridgehead atoms. The molecule has 0 heterocycles. The first-order valence-corrected chi connectivity index (χ1v) is 10.7. The number of benzene rings is 4. The van der Waals surface area contributed by atoms with E-state index in [1.165, 1.54) is 5.56 Å². The van der Waals surface area contributed by atoms with Crippen LogP contribution < -0.4 is 10.1 Å². The van der Waals surface area contributed by atoms with Crippen LogP contribution in [0.3, 0.4) is 0 Å². The Morgan fingerprint density at radius 3 is 2.39 bits per heavy atom. The average Bonchev–Trinajstić information content (AvgIpc) is 2.79. The van der Waals surface area contributed by atoms with Crippen molar-refractivity contribution in [3.8, 4) is 5.75 Å². The number of carbonyl (C=O) groups excluding carboxylic acids is 1. The minimum Gasteiger partial charge on any atom is -0.494 e. The topological polar surface area (TPSA) is 38.3 Å². The van der Waals surface area contributed by atoms with Crippen LogP contribution in [0.15, 0.2) is 91.0 Å². The molecule has 156 valence electrons. The molecule has 4 aromatic carbocycles. The first kappa shape index (κ1) is 20.7. The summed E-state index contributed by atoms with van der Waals surface area (Å²) in [4.78, 5) is 13.2. The van der Waals surface area contributed by atoms with Gasteiger partial charge < -0.3 is 10.1 Å². The van der Waals surface area contributed by atoms with E-state index in [1.54, 1.807) is 0 Å². The van der Waals surface area contributed by atoms with E-state index in [0.717, 1.165) is 33.3 Å². The van der Waals surface area contributed by atoms with Crippen LogP contribution in [-0.2, 0) is 0 Å². The molecule has 0 saturated carbocycles. The van der Waals surface area contributed by atoms with Crippen molar-refractivity contribution in [2.45, 2.75) is 26.3 Å². The summed E-state index contributed by atoms with van der Waals surface area (Å²) in [5.74, 6) is 0.950. The van der Waals surface area contributed by atoms with Gasteiger partial charge in [-0.3, -0.25) is 4.79 Å². The predicted molar refractivity (Wildman–Crippen MR) is 128 cm³/mol. The molecule has 3 nitrogen and oxygen atoms in total. The van der Waals surface area contributed by atoms with Gasteiger partial charge in [-0.15, -0.1) is 0 Å². The SMILES string of the molecule is CCOc1ccc(C(CC(=O)c2ccc3ccccc3c2)Nc2cccc(C)c2)cc1. The molecule has 1 N–H and O–H groups in total. The van der Waals surface area contributed by atoms with Gasteiger partial charge in [0.2, 0.25) is 0 Å². The van der Waals surface area contributed by atoms with Gasteiger partial charge in [0, 0.05) is 17.7 Å². The van der Waals surface area contributed by atoms with Crippen molar-refractivity contribution in [2.24, 2.45) is 0 Å². The first-order valence-electron chi connectivity index (χ1n) is 10.7. The van der Waals surface area contributed by atoms with E-state index >= 15 is 0 Å². The molecule has 0 fully saturated rings. The zero-order valence-corrected chi connectivity index (χ0v) is 18.0. The van der Waals surface area contributed by atoms with E-state index in [1.807, 2.05) is 79.7 Å². The summed E-state index contributed by atoms with van der Waals surface area (Å²) < 4.78 is 5.58. The summed E-state index contributed by atoms with van der Waals surface area (Å²) in [5.41, 5.74) is 3.97. The van der Waals surface area contributed by atoms with Crippen LogP contribution in [0, 0.1) is 6.92 Å². The fraction of sp³-hybridized carbons (Fsp3) is 0.179. The highest BCUT2D eigenvalue weighted by molar-refractivity contribution is 6.00. The Kier molecular flexibility index (Phi) is 6.32. The highest BCUT2D eigenvalue weighted by Gasteiger charge is 2.18. The van der Waals surface area contributed by atoms with E-state index in [9.17, 15) is 4.79 Å². The third-order valence-electron chi connectivity index (χ3n) is 5.41. The Morgan fingerprint density at radius 1 is 0.871 bits per heavy atom. The third-order valence-corrected chi connectivity index (χ3v) is 5.41. The number of nitrogens with one attached hydrogen (secondary N) is 1. The molecular weight excluding hydrogens is 382 g/mol. The molecule has 0 aliphatic heterocycles. The zero-order chi connectivity index (χ0) is 21.6. The van der Waals surface area contributed by atoms with Crippen molar-refractivity contribution in [3.63, 3.8) is 0 Å². The molecule has 0 radical (unpaired) electrons. The van der Waals surface area contributed by atoms with Gasteiger partial charge in [0.25, 0.3) is 0 Å². The van der Waals surface area contributed by atoms with E-state index in [4.69, 9.17) is 4.74 Å². The molecule has 0 spiro atoms. The summed E-state index contributed by atoms with van der Waals surface area (Å²) >= 11 is 0. The van der Waals surface area contributed by atoms with Gasteiger partial charge in [-0.05, 0) is 66.1 Å². The Bertz CT molecular complexity index is 1180. The third kappa shape index (κ3) is 5.13. The van der Waals surface area contributed by atoms with Crippen molar-refractivity contribution < 1.29 is 9.53 Å². The van der Waals surface area contributed by atoms with Crippen molar-refractivity contribution in [3.05, 3.63) is 108 Å². The van der Waals surface area contributed by atoms with Crippen LogP contribution >= 0.6 is 0 Å². The molecule has 4 rings (SSSR count). The number of ether oxygens (including phenoxy) is 1. The Hall–Kier alpha value is -3.59. The summed E-state index contributed by atoms with van der Waals surface area (Å²) in [6.07, 6.45) is 0.361. The van der Waals surface area contributed by atoms with Crippen LogP contribution in [0.5, 0.6) is 5.75 Å². The van der Waals surface area contributed by atoms with E-state index in [0.29, 0.717) is 13.0 Å². The van der Waals surface area contributed by atoms with Crippen LogP contribution in [0.2, 0.25) is 0 Å². The smallest absolute Gasteiger partial charge is 0.165 e. The number of rotatable bonds is 8. The second-order valence-electron chi connectivity index (χ2n) is 7.76. The lowest BCUT2D eigenvalue weighted by molar-refractivity contribution is 0.0976. The van der Waals surface area contributed by atoms with E-state index < -0.39 is 0 Å². The summed E-state index contributed by atoms with van der Waals surface area (Å²) in [5, 5.41) is 5.78. The second-order valence-corrected chi connectivity index (χ2v) is 7.76. The van der Waals surface area contributed by atoms with Crippen molar-refractivity contribution in [1.82, 2.24) is 0 Å². The number of fused-ring (bicyclic) bond motifs is 1. The fourth-order valence-electron chi connectivity index (χ4n) is 3.82. The lowest BCUT2D eigenvalue weighted by atomic mass is 9.96. The van der Waals surface area contributed by atoms with Crippen LogP contribution in [0.25, 0.3) is 10.8 Å². The summed E-state index contributed by atoms with van der Waals surface area (Å²) in [6, 6.07) is 30.1. The maximum absolute atomic E-state index is 13.2. The summed E-state index contributed by atoms with van der Waals surface area (Å²) in [7, 11) is 0. The van der Waals surface area contributed by atoms with Gasteiger partial charge in [0.05, 0.1) is 12.6 Å². The van der Waals surface area contributed by atoms with Crippen LogP contribution in [0.4, 0.5) is 5.69 Å². The zero-order valence-electron chi connectivity index (χ0n) is 18.0. The quantitative estimate of drug-likeness (QED) is 0.319. The molecule has 0 saturated heterocycles. The monoisotopic (exact) mass is 409 g/mol. The first-order chi connectivity index (χ1) is 15.1. The molecule has 1 unspecified atom stereocenters. The van der Waals surface area contributed by atoms with Crippen molar-refractivity contribution in [1.29, 1.82) is 0 Å². The minimum atomic E-state index is -0.142. The molecule has 3 heteroatoms. The molecule has 0 aliphatic rings. The van der Waals surface area contributed by atoms with Crippen LogP contribution in [0.1, 0.15) is 40.9 Å². The van der Waals surface area contributed by atoms with Gasteiger partial charge in [-0.25, -0.2) is 0 Å². The van der Waals surface area contributed by atoms with Gasteiger partial charge >= 0.3 is 0 Å². The number of ketones is 1. The normalized spacial score (nSPS) is 11.8. The van der Waals surface area contributed by atoms with Gasteiger partial charge in [0.1, 0.15) is 5.75 Å². The molecule has 0 aromatic heterocycles. The maximum atomic E-state index is 13.2. The number of anilines is 1. The largest absolute Gasteiger partial charge is 0.494 e. The lowest BCUT2D eigenvalue weighted by Crippen LogP contribution is -2.16. The van der Waals surface area contributed by atoms with Crippen molar-refractivity contribution >= 4 is 22.2 Å². The van der Waals surface area contributed by atoms with E-state index in [2.05, 4.69) is 30.4 Å². The molecule has 1 atom stereocenters. The number of carbonyl (C=O) groups is 1. The molecule has 31 heavy (non-hydrogen) atoms. The highest BCUT2D eigenvalue weighted by Crippen LogP contribution is 2.27. The minimum absolute atomic E-state index is 0.116. The highest BCUT2D eigenvalue weighted by atomic mass is 16.5. The van der Waals surface area contributed by atoms with E-state index in [-0.39, 0.29) is 11.8 Å². The Labute approximate surface area is 183 Å². The van der Waals surface area contributed by atoms with Crippen molar-refractivity contribution in [2.75, 3.05) is 11.9 Å². The molecule has 0 aliphatic carbocycles. The number of hydrogen-bond acceptors (Lipinski definition) is 3. The number of hydrogen-bond donors (Lipinski definition) is 1. The maximum Gasteiger partial charge on any atom is 0.165 e. The Balaban J connectivity index is 1.61. The van der Waals surface area contributed by atoms with Crippen LogP contribution in [-0.4, -0.2) is 12.4 Å². The molecule has 0 amide bonds. The Morgan fingerprint density at radius 2 is 1.65 bits per heavy atom. The van der Waals surface area contributed by atoms with Gasteiger partial charge in [0.15, 0.2) is 5.78 Å². The molecular formula is C28H27NO2. The van der Waals surface area contributed by atoms with Gasteiger partial charge in [-0.1, -0.05) is 60.7 Å². The lowest BCUT2D eigenvalue weighted by Gasteiger charge is -2.21. The number of Topliss-reactive ketones (excluding diaryl/α,β-unsaturated/α-hetero) is 1.